The van der Waals surface area contributed by atoms with Gasteiger partial charge in [0.15, 0.2) is 0 Å². The van der Waals surface area contributed by atoms with Crippen LogP contribution in [0.5, 0.6) is 0 Å². The van der Waals surface area contributed by atoms with Crippen LogP contribution in [0.15, 0.2) is 78.9 Å². The Labute approximate surface area is 234 Å². The Bertz CT molecular complexity index is 1460. The van der Waals surface area contributed by atoms with Crippen molar-refractivity contribution in [3.8, 4) is 0 Å². The summed E-state index contributed by atoms with van der Waals surface area (Å²) in [5.74, 6) is -1.44. The lowest BCUT2D eigenvalue weighted by Crippen LogP contribution is -2.59. The van der Waals surface area contributed by atoms with Gasteiger partial charge in [0.1, 0.15) is 0 Å². The Morgan fingerprint density at radius 3 is 2.38 bits per heavy atom. The Morgan fingerprint density at radius 2 is 1.65 bits per heavy atom. The van der Waals surface area contributed by atoms with Gasteiger partial charge >= 0.3 is 0 Å². The van der Waals surface area contributed by atoms with Gasteiger partial charge in [0.2, 0.25) is 0 Å². The summed E-state index contributed by atoms with van der Waals surface area (Å²) in [5.41, 5.74) is 6.36. The normalized spacial score (nSPS) is 22.9. The molecule has 1 saturated carbocycles. The predicted molar refractivity (Wildman–Crippen MR) is 151 cm³/mol. The van der Waals surface area contributed by atoms with Gasteiger partial charge in [0, 0.05) is 17.6 Å². The molecule has 1 heterocycles. The molecule has 0 spiro atoms. The topological polar surface area (TPSA) is 131 Å². The average molecular weight is 563 g/mol. The second-order valence-corrected chi connectivity index (χ2v) is 11.8. The van der Waals surface area contributed by atoms with Crippen molar-refractivity contribution in [1.29, 1.82) is 0 Å². The lowest BCUT2D eigenvalue weighted by Gasteiger charge is -2.49. The molecule has 0 saturated heterocycles. The van der Waals surface area contributed by atoms with E-state index >= 15 is 0 Å². The van der Waals surface area contributed by atoms with E-state index in [9.17, 15) is 18.0 Å². The molecule has 5 rings (SSSR count). The van der Waals surface area contributed by atoms with Crippen LogP contribution in [0.1, 0.15) is 70.3 Å². The lowest BCUT2D eigenvalue weighted by atomic mass is 9.76. The number of hydrogen-bond acceptors (Lipinski definition) is 5. The molecule has 1 fully saturated rings. The largest absolute Gasteiger partial charge is 0.326 e. The van der Waals surface area contributed by atoms with Crippen molar-refractivity contribution in [2.45, 2.75) is 63.3 Å². The Balaban J connectivity index is 1.57. The number of nitrogens with zero attached hydrogens (tertiary/aromatic N) is 1. The fraction of sp³-hybridized carbons (Fsp3) is 0.333. The lowest BCUT2D eigenvalue weighted by molar-refractivity contribution is -0.138. The highest BCUT2D eigenvalue weighted by atomic mass is 32.2. The molecule has 10 heteroatoms. The van der Waals surface area contributed by atoms with E-state index in [1.807, 2.05) is 67.6 Å². The molecule has 9 nitrogen and oxygen atoms in total. The van der Waals surface area contributed by atoms with Crippen molar-refractivity contribution in [3.05, 3.63) is 107 Å². The van der Waals surface area contributed by atoms with Crippen molar-refractivity contribution < 1.29 is 22.8 Å². The fourth-order valence-electron chi connectivity index (χ4n) is 5.94. The van der Waals surface area contributed by atoms with Crippen molar-refractivity contribution in [2.24, 2.45) is 5.14 Å². The first-order valence-corrected chi connectivity index (χ1v) is 15.0. The summed E-state index contributed by atoms with van der Waals surface area (Å²) in [4.78, 5) is 35.5. The van der Waals surface area contributed by atoms with Crippen LogP contribution in [-0.4, -0.2) is 37.2 Å². The number of nitrogens with one attached hydrogen (secondary N) is 2. The van der Waals surface area contributed by atoms with Crippen LogP contribution in [0.2, 0.25) is 0 Å². The summed E-state index contributed by atoms with van der Waals surface area (Å²) >= 11 is 0. The zero-order valence-corrected chi connectivity index (χ0v) is 23.1. The zero-order chi connectivity index (χ0) is 28.3. The van der Waals surface area contributed by atoms with Gasteiger partial charge in [0.05, 0.1) is 18.6 Å². The van der Waals surface area contributed by atoms with Crippen LogP contribution in [0.3, 0.4) is 0 Å². The second kappa shape index (κ2) is 11.9. The predicted octanol–water partition coefficient (Wildman–Crippen LogP) is 3.63. The number of nitrogens with two attached hydrogens (primary N) is 1. The first kappa shape index (κ1) is 28.0. The molecule has 2 aliphatic rings. The average Bonchev–Trinajstić information content (AvgIpc) is 2.94. The van der Waals surface area contributed by atoms with Crippen LogP contribution >= 0.6 is 0 Å². The van der Waals surface area contributed by atoms with E-state index in [2.05, 4.69) is 10.2 Å². The van der Waals surface area contributed by atoms with Crippen molar-refractivity contribution >= 4 is 22.0 Å². The van der Waals surface area contributed by atoms with E-state index in [1.165, 1.54) is 0 Å². The fourth-order valence-corrected chi connectivity index (χ4v) is 6.64. The summed E-state index contributed by atoms with van der Waals surface area (Å²) in [6.07, 6.45) is 2.72. The summed E-state index contributed by atoms with van der Waals surface area (Å²) < 4.78 is 26.7. The standard InChI is InChI=1S/C30H34N4O5S/c1-20-15-17-22(18-16-20)28-27(29(35)32-39-19-21-9-3-2-4-10-21)23-11-5-6-12-24(23)30(36)34(28)26-14-8-7-13-25(26)33-40(31,37)38/h2-6,9-12,15-18,25-28,33H,7-8,13-14,19H2,1H3,(H,32,35)(H2,31,37,38)/t25-,26?,27+,28-/m0/s1. The molecule has 1 unspecified atom stereocenters. The quantitative estimate of drug-likeness (QED) is 0.361. The molecule has 1 aliphatic heterocycles. The molecule has 2 amide bonds. The van der Waals surface area contributed by atoms with Crippen LogP contribution < -0.4 is 15.3 Å². The van der Waals surface area contributed by atoms with Gasteiger partial charge in [-0.1, -0.05) is 91.2 Å². The van der Waals surface area contributed by atoms with Gasteiger partial charge in [-0.25, -0.2) is 10.6 Å². The Kier molecular flexibility index (Phi) is 8.32. The maximum Gasteiger partial charge on any atom is 0.274 e. The number of hydroxylamine groups is 1. The number of carbonyl (C=O) groups excluding carboxylic acids is 2. The Morgan fingerprint density at radius 1 is 0.975 bits per heavy atom. The van der Waals surface area contributed by atoms with E-state index in [0.717, 1.165) is 29.5 Å². The van der Waals surface area contributed by atoms with E-state index < -0.39 is 40.2 Å². The zero-order valence-electron chi connectivity index (χ0n) is 22.3. The van der Waals surface area contributed by atoms with Gasteiger partial charge in [-0.05, 0) is 42.5 Å². The maximum atomic E-state index is 14.2. The van der Waals surface area contributed by atoms with Crippen molar-refractivity contribution in [2.75, 3.05) is 0 Å². The van der Waals surface area contributed by atoms with Crippen molar-refractivity contribution in [3.63, 3.8) is 0 Å². The molecule has 3 aromatic rings. The third-order valence-electron chi connectivity index (χ3n) is 7.73. The van der Waals surface area contributed by atoms with Crippen LogP contribution in [-0.2, 0) is 26.4 Å². The first-order chi connectivity index (χ1) is 19.2. The highest BCUT2D eigenvalue weighted by Gasteiger charge is 2.49. The molecule has 40 heavy (non-hydrogen) atoms. The molecule has 0 radical (unpaired) electrons. The molecule has 1 aliphatic carbocycles. The minimum absolute atomic E-state index is 0.182. The van der Waals surface area contributed by atoms with Gasteiger partial charge < -0.3 is 4.90 Å². The molecule has 4 atom stereocenters. The number of hydrogen-bond donors (Lipinski definition) is 3. The molecule has 0 bridgehead atoms. The number of amides is 2. The molecule has 3 aromatic carbocycles. The molecular weight excluding hydrogens is 528 g/mol. The molecule has 210 valence electrons. The molecule has 0 aromatic heterocycles. The van der Waals surface area contributed by atoms with Crippen LogP contribution in [0.25, 0.3) is 0 Å². The van der Waals surface area contributed by atoms with Crippen molar-refractivity contribution in [1.82, 2.24) is 15.1 Å². The maximum absolute atomic E-state index is 14.2. The monoisotopic (exact) mass is 562 g/mol. The number of carbonyl (C=O) groups is 2. The SMILES string of the molecule is Cc1ccc([C@H]2[C@H](C(=O)NOCc3ccccc3)c3ccccc3C(=O)N2C2CCCC[C@@H]2NS(N)(=O)=O)cc1. The van der Waals surface area contributed by atoms with E-state index in [0.29, 0.717) is 24.0 Å². The van der Waals surface area contributed by atoms with Gasteiger partial charge in [-0.3, -0.25) is 14.4 Å². The van der Waals surface area contributed by atoms with E-state index in [4.69, 9.17) is 9.98 Å². The van der Waals surface area contributed by atoms with Crippen LogP contribution in [0.4, 0.5) is 0 Å². The summed E-state index contributed by atoms with van der Waals surface area (Å²) in [7, 11) is -4.02. The number of fused-ring (bicyclic) bond motifs is 1. The number of aryl methyl sites for hydroxylation is 1. The molecule has 4 N–H and O–H groups in total. The highest BCUT2D eigenvalue weighted by Crippen LogP contribution is 2.46. The Hall–Kier alpha value is -3.57. The first-order valence-electron chi connectivity index (χ1n) is 13.5. The minimum atomic E-state index is -4.02. The molecular formula is C30H34N4O5S. The third kappa shape index (κ3) is 6.10. The van der Waals surface area contributed by atoms with Gasteiger partial charge in [-0.2, -0.15) is 13.1 Å². The second-order valence-electron chi connectivity index (χ2n) is 10.5. The van der Waals surface area contributed by atoms with E-state index in [-0.39, 0.29) is 12.5 Å². The van der Waals surface area contributed by atoms with E-state index in [1.54, 1.807) is 23.1 Å². The summed E-state index contributed by atoms with van der Waals surface area (Å²) in [5, 5.41) is 5.39. The number of rotatable bonds is 8. The summed E-state index contributed by atoms with van der Waals surface area (Å²) in [6.45, 7) is 2.15. The van der Waals surface area contributed by atoms with Crippen LogP contribution in [0, 0.1) is 6.92 Å². The highest BCUT2D eigenvalue weighted by molar-refractivity contribution is 7.87. The van der Waals surface area contributed by atoms with Gasteiger partial charge in [0.25, 0.3) is 22.0 Å². The smallest absolute Gasteiger partial charge is 0.274 e. The number of benzene rings is 3. The minimum Gasteiger partial charge on any atom is -0.326 e. The van der Waals surface area contributed by atoms with Gasteiger partial charge in [-0.15, -0.1) is 0 Å². The summed E-state index contributed by atoms with van der Waals surface area (Å²) in [6, 6.07) is 22.5. The third-order valence-corrected chi connectivity index (χ3v) is 8.37.